The number of amides is 1. The Labute approximate surface area is 118 Å². The highest BCUT2D eigenvalue weighted by molar-refractivity contribution is 8.00. The second-order valence-electron chi connectivity index (χ2n) is 4.70. The number of hydrogen-bond donors (Lipinski definition) is 2. The second-order valence-corrected chi connectivity index (χ2v) is 6.19. The van der Waals surface area contributed by atoms with E-state index in [2.05, 4.69) is 12.2 Å². The average molecular weight is 280 g/mol. The monoisotopic (exact) mass is 280 g/mol. The smallest absolute Gasteiger partial charge is 0.220 e. The predicted octanol–water partition coefficient (Wildman–Crippen LogP) is 2.25. The normalized spacial score (nSPS) is 22.2. The summed E-state index contributed by atoms with van der Waals surface area (Å²) in [4.78, 5) is 10.6. The first-order chi connectivity index (χ1) is 9.15. The van der Waals surface area contributed by atoms with Crippen LogP contribution in [0.5, 0.6) is 5.75 Å². The fourth-order valence-corrected chi connectivity index (χ4v) is 3.25. The third-order valence-electron chi connectivity index (χ3n) is 3.20. The topological polar surface area (TPSA) is 64.3 Å². The van der Waals surface area contributed by atoms with Crippen molar-refractivity contribution in [3.8, 4) is 5.75 Å². The molecule has 0 aliphatic carbocycles. The number of nitrogens with one attached hydrogen (secondary N) is 1. The standard InChI is InChI=1S/C14H20N2O2S/c1-10-13(7-9-19-10)16-11-2-4-12(5-3-11)18-8-6-14(15)17/h2-5,10,13,16H,6-9H2,1H3,(H2,15,17). The zero-order valence-corrected chi connectivity index (χ0v) is 11.9. The molecule has 4 nitrogen and oxygen atoms in total. The van der Waals surface area contributed by atoms with Crippen LogP contribution in [-0.2, 0) is 4.79 Å². The Balaban J connectivity index is 1.82. The van der Waals surface area contributed by atoms with E-state index >= 15 is 0 Å². The van der Waals surface area contributed by atoms with E-state index < -0.39 is 0 Å². The number of benzene rings is 1. The molecule has 1 aliphatic rings. The lowest BCUT2D eigenvalue weighted by Gasteiger charge is -2.18. The van der Waals surface area contributed by atoms with Gasteiger partial charge in [0.25, 0.3) is 0 Å². The number of rotatable bonds is 6. The summed E-state index contributed by atoms with van der Waals surface area (Å²) in [5.41, 5.74) is 6.17. The van der Waals surface area contributed by atoms with Crippen molar-refractivity contribution < 1.29 is 9.53 Å². The number of hydrogen-bond acceptors (Lipinski definition) is 4. The molecule has 0 aromatic heterocycles. The summed E-state index contributed by atoms with van der Waals surface area (Å²) in [6.07, 6.45) is 1.46. The summed E-state index contributed by atoms with van der Waals surface area (Å²) >= 11 is 2.01. The Kier molecular flexibility index (Phi) is 4.96. The number of anilines is 1. The second kappa shape index (κ2) is 6.70. The maximum Gasteiger partial charge on any atom is 0.220 e. The minimum atomic E-state index is -0.342. The van der Waals surface area contributed by atoms with Crippen molar-refractivity contribution in [1.29, 1.82) is 0 Å². The Morgan fingerprint density at radius 1 is 1.47 bits per heavy atom. The van der Waals surface area contributed by atoms with Crippen LogP contribution in [0, 0.1) is 0 Å². The largest absolute Gasteiger partial charge is 0.493 e. The van der Waals surface area contributed by atoms with Crippen LogP contribution in [0.3, 0.4) is 0 Å². The van der Waals surface area contributed by atoms with Crippen molar-refractivity contribution >= 4 is 23.4 Å². The van der Waals surface area contributed by atoms with Crippen molar-refractivity contribution in [2.45, 2.75) is 31.1 Å². The van der Waals surface area contributed by atoms with Crippen LogP contribution in [0.2, 0.25) is 0 Å². The van der Waals surface area contributed by atoms with Crippen LogP contribution in [0.15, 0.2) is 24.3 Å². The van der Waals surface area contributed by atoms with E-state index in [1.807, 2.05) is 36.0 Å². The number of ether oxygens (including phenoxy) is 1. The molecule has 104 valence electrons. The molecule has 1 aromatic carbocycles. The quantitative estimate of drug-likeness (QED) is 0.839. The van der Waals surface area contributed by atoms with E-state index in [1.54, 1.807) is 0 Å². The molecule has 0 bridgehead atoms. The van der Waals surface area contributed by atoms with Gasteiger partial charge >= 0.3 is 0 Å². The van der Waals surface area contributed by atoms with Crippen molar-refractivity contribution in [3.05, 3.63) is 24.3 Å². The maximum absolute atomic E-state index is 10.6. The summed E-state index contributed by atoms with van der Waals surface area (Å²) in [6, 6.07) is 8.39. The van der Waals surface area contributed by atoms with Gasteiger partial charge in [-0.1, -0.05) is 6.92 Å². The fraction of sp³-hybridized carbons (Fsp3) is 0.500. The minimum Gasteiger partial charge on any atom is -0.493 e. The van der Waals surface area contributed by atoms with Crippen LogP contribution in [0.25, 0.3) is 0 Å². The Morgan fingerprint density at radius 3 is 2.79 bits per heavy atom. The average Bonchev–Trinajstić information content (AvgIpc) is 2.77. The number of primary amides is 1. The Bertz CT molecular complexity index is 422. The molecule has 1 amide bonds. The molecular weight excluding hydrogens is 260 g/mol. The number of thioether (sulfide) groups is 1. The first kappa shape index (κ1) is 14.1. The van der Waals surface area contributed by atoms with Crippen LogP contribution >= 0.6 is 11.8 Å². The molecule has 0 saturated carbocycles. The SMILES string of the molecule is CC1SCCC1Nc1ccc(OCCC(N)=O)cc1. The van der Waals surface area contributed by atoms with Gasteiger partial charge in [0, 0.05) is 17.0 Å². The van der Waals surface area contributed by atoms with Crippen molar-refractivity contribution in [2.75, 3.05) is 17.7 Å². The van der Waals surface area contributed by atoms with E-state index in [0.717, 1.165) is 11.4 Å². The molecule has 1 fully saturated rings. The lowest BCUT2D eigenvalue weighted by atomic mass is 10.1. The zero-order chi connectivity index (χ0) is 13.7. The third-order valence-corrected chi connectivity index (χ3v) is 4.53. The molecule has 3 N–H and O–H groups in total. The summed E-state index contributed by atoms with van der Waals surface area (Å²) in [5, 5.41) is 4.20. The molecular formula is C14H20N2O2S. The highest BCUT2D eigenvalue weighted by Crippen LogP contribution is 2.29. The van der Waals surface area contributed by atoms with Crippen molar-refractivity contribution in [2.24, 2.45) is 5.73 Å². The molecule has 2 rings (SSSR count). The predicted molar refractivity (Wildman–Crippen MR) is 79.7 cm³/mol. The lowest BCUT2D eigenvalue weighted by molar-refractivity contribution is -0.118. The minimum absolute atomic E-state index is 0.247. The summed E-state index contributed by atoms with van der Waals surface area (Å²) < 4.78 is 5.43. The van der Waals surface area contributed by atoms with Gasteiger partial charge in [0.15, 0.2) is 0 Å². The highest BCUT2D eigenvalue weighted by Gasteiger charge is 2.23. The van der Waals surface area contributed by atoms with Crippen molar-refractivity contribution in [1.82, 2.24) is 0 Å². The van der Waals surface area contributed by atoms with Crippen LogP contribution in [0.1, 0.15) is 19.8 Å². The van der Waals surface area contributed by atoms with Gasteiger partial charge in [0.2, 0.25) is 5.91 Å². The maximum atomic E-state index is 10.6. The summed E-state index contributed by atoms with van der Waals surface area (Å²) in [6.45, 7) is 2.59. The molecule has 2 unspecified atom stereocenters. The van der Waals surface area contributed by atoms with Gasteiger partial charge in [-0.25, -0.2) is 0 Å². The third kappa shape index (κ3) is 4.35. The molecule has 1 saturated heterocycles. The number of carbonyl (C=O) groups excluding carboxylic acids is 1. The zero-order valence-electron chi connectivity index (χ0n) is 11.1. The molecule has 1 aromatic rings. The van der Waals surface area contributed by atoms with Gasteiger partial charge in [-0.2, -0.15) is 11.8 Å². The van der Waals surface area contributed by atoms with Crippen LogP contribution in [-0.4, -0.2) is 29.6 Å². The van der Waals surface area contributed by atoms with Gasteiger partial charge in [0.05, 0.1) is 13.0 Å². The van der Waals surface area contributed by atoms with Gasteiger partial charge in [0.1, 0.15) is 5.75 Å². The summed E-state index contributed by atoms with van der Waals surface area (Å²) in [5.74, 6) is 1.65. The van der Waals surface area contributed by atoms with Gasteiger partial charge in [-0.05, 0) is 36.4 Å². The van der Waals surface area contributed by atoms with E-state index in [-0.39, 0.29) is 12.3 Å². The number of nitrogens with two attached hydrogens (primary N) is 1. The van der Waals surface area contributed by atoms with Gasteiger partial charge in [-0.15, -0.1) is 0 Å². The van der Waals surface area contributed by atoms with Crippen molar-refractivity contribution in [3.63, 3.8) is 0 Å². The Hall–Kier alpha value is -1.36. The molecule has 2 atom stereocenters. The first-order valence-corrected chi connectivity index (χ1v) is 7.59. The van der Waals surface area contributed by atoms with E-state index in [9.17, 15) is 4.79 Å². The first-order valence-electron chi connectivity index (χ1n) is 6.54. The van der Waals surface area contributed by atoms with Gasteiger partial charge < -0.3 is 15.8 Å². The van der Waals surface area contributed by atoms with Gasteiger partial charge in [-0.3, -0.25) is 4.79 Å². The molecule has 0 radical (unpaired) electrons. The van der Waals surface area contributed by atoms with E-state index in [4.69, 9.17) is 10.5 Å². The van der Waals surface area contributed by atoms with E-state index in [0.29, 0.717) is 17.9 Å². The summed E-state index contributed by atoms with van der Waals surface area (Å²) in [7, 11) is 0. The molecule has 1 heterocycles. The molecule has 0 spiro atoms. The number of carbonyl (C=O) groups is 1. The van der Waals surface area contributed by atoms with Crippen LogP contribution < -0.4 is 15.8 Å². The molecule has 19 heavy (non-hydrogen) atoms. The lowest BCUT2D eigenvalue weighted by Crippen LogP contribution is -2.24. The fourth-order valence-electron chi connectivity index (χ4n) is 2.05. The Morgan fingerprint density at radius 2 is 2.21 bits per heavy atom. The van der Waals surface area contributed by atoms with Crippen LogP contribution in [0.4, 0.5) is 5.69 Å². The highest BCUT2D eigenvalue weighted by atomic mass is 32.2. The molecule has 1 aliphatic heterocycles. The van der Waals surface area contributed by atoms with E-state index in [1.165, 1.54) is 12.2 Å². The molecule has 5 heteroatoms.